The van der Waals surface area contributed by atoms with Crippen LogP contribution >= 0.6 is 23.2 Å². The lowest BCUT2D eigenvalue weighted by atomic mass is 10.0. The Morgan fingerprint density at radius 2 is 1.57 bits per heavy atom. The minimum atomic E-state index is -0.541. The molecule has 110 valence electrons. The van der Waals surface area contributed by atoms with E-state index in [1.54, 1.807) is 18.2 Å². The average molecular weight is 325 g/mol. The number of rotatable bonds is 3. The normalized spacial score (nSPS) is 25.2. The Kier molecular flexibility index (Phi) is 4.48. The van der Waals surface area contributed by atoms with Crippen LogP contribution in [0.1, 0.15) is 23.5 Å². The van der Waals surface area contributed by atoms with E-state index >= 15 is 0 Å². The predicted octanol–water partition coefficient (Wildman–Crippen LogP) is 4.14. The maximum Gasteiger partial charge on any atom is 0.185 e. The van der Waals surface area contributed by atoms with Crippen LogP contribution in [0.2, 0.25) is 10.0 Å². The third-order valence-electron chi connectivity index (χ3n) is 3.44. The molecule has 0 aromatic heterocycles. The van der Waals surface area contributed by atoms with Gasteiger partial charge in [0.2, 0.25) is 0 Å². The summed E-state index contributed by atoms with van der Waals surface area (Å²) in [5, 5.41) is 10.6. The predicted molar refractivity (Wildman–Crippen MR) is 81.4 cm³/mol. The van der Waals surface area contributed by atoms with Crippen LogP contribution in [-0.2, 0) is 9.47 Å². The molecule has 0 spiro atoms. The Hall–Kier alpha value is -1.10. The lowest BCUT2D eigenvalue weighted by Gasteiger charge is -2.17. The van der Waals surface area contributed by atoms with Crippen molar-refractivity contribution in [1.29, 1.82) is 0 Å². The topological polar surface area (TPSA) is 38.7 Å². The van der Waals surface area contributed by atoms with Gasteiger partial charge in [-0.15, -0.1) is 0 Å². The molecule has 3 nitrogen and oxygen atoms in total. The Balaban J connectivity index is 1.92. The molecule has 0 radical (unpaired) electrons. The zero-order valence-electron chi connectivity index (χ0n) is 11.1. The molecule has 5 heteroatoms. The zero-order valence-corrected chi connectivity index (χ0v) is 12.6. The van der Waals surface area contributed by atoms with Gasteiger partial charge in [-0.05, 0) is 12.1 Å². The molecule has 2 aromatic rings. The van der Waals surface area contributed by atoms with E-state index in [0.29, 0.717) is 15.6 Å². The van der Waals surface area contributed by atoms with Crippen LogP contribution in [0.25, 0.3) is 0 Å². The Bertz CT molecular complexity index is 598. The standard InChI is InChI=1S/C16H14Cl2O3/c17-11-7-4-8-12(18)14(11)15-13(9-19)20-16(21-15)10-5-2-1-3-6-10/h1-8,13,15-16,19H,9H2/t13-,15+,16?/m1/s1. The zero-order chi connectivity index (χ0) is 14.8. The van der Waals surface area contributed by atoms with Crippen molar-refractivity contribution < 1.29 is 14.6 Å². The van der Waals surface area contributed by atoms with Crippen molar-refractivity contribution in [1.82, 2.24) is 0 Å². The number of hydrogen-bond acceptors (Lipinski definition) is 3. The van der Waals surface area contributed by atoms with Crippen LogP contribution in [0.4, 0.5) is 0 Å². The molecule has 1 unspecified atom stereocenters. The summed E-state index contributed by atoms with van der Waals surface area (Å²) in [5.74, 6) is 0. The maximum atomic E-state index is 9.55. The molecule has 21 heavy (non-hydrogen) atoms. The summed E-state index contributed by atoms with van der Waals surface area (Å²) in [6.45, 7) is -0.171. The van der Waals surface area contributed by atoms with Gasteiger partial charge in [-0.1, -0.05) is 59.6 Å². The lowest BCUT2D eigenvalue weighted by molar-refractivity contribution is -0.0739. The second-order valence-electron chi connectivity index (χ2n) is 4.79. The van der Waals surface area contributed by atoms with Crippen molar-refractivity contribution >= 4 is 23.2 Å². The molecule has 0 amide bonds. The number of aliphatic hydroxyl groups is 1. The summed E-state index contributed by atoms with van der Waals surface area (Å²) < 4.78 is 11.7. The highest BCUT2D eigenvalue weighted by atomic mass is 35.5. The quantitative estimate of drug-likeness (QED) is 0.922. The van der Waals surface area contributed by atoms with Crippen LogP contribution in [0.15, 0.2) is 48.5 Å². The first-order valence-corrected chi connectivity index (χ1v) is 7.37. The second kappa shape index (κ2) is 6.34. The minimum absolute atomic E-state index is 0.171. The third kappa shape index (κ3) is 2.93. The molecule has 3 rings (SSSR count). The molecule has 1 aliphatic heterocycles. The van der Waals surface area contributed by atoms with Crippen molar-refractivity contribution in [2.45, 2.75) is 18.5 Å². The fourth-order valence-electron chi connectivity index (χ4n) is 2.43. The molecule has 1 aliphatic rings. The molecule has 0 saturated carbocycles. The van der Waals surface area contributed by atoms with E-state index in [-0.39, 0.29) is 6.61 Å². The van der Waals surface area contributed by atoms with E-state index in [2.05, 4.69) is 0 Å². The summed E-state index contributed by atoms with van der Waals surface area (Å²) in [6.07, 6.45) is -1.55. The van der Waals surface area contributed by atoms with Gasteiger partial charge in [0.15, 0.2) is 6.29 Å². The lowest BCUT2D eigenvalue weighted by Crippen LogP contribution is -2.20. The van der Waals surface area contributed by atoms with Crippen molar-refractivity contribution in [3.05, 3.63) is 69.7 Å². The van der Waals surface area contributed by atoms with Gasteiger partial charge in [0.25, 0.3) is 0 Å². The first-order chi connectivity index (χ1) is 10.2. The minimum Gasteiger partial charge on any atom is -0.394 e. The highest BCUT2D eigenvalue weighted by Crippen LogP contribution is 2.44. The molecular weight excluding hydrogens is 311 g/mol. The van der Waals surface area contributed by atoms with E-state index in [4.69, 9.17) is 32.7 Å². The molecule has 0 bridgehead atoms. The van der Waals surface area contributed by atoms with E-state index < -0.39 is 18.5 Å². The van der Waals surface area contributed by atoms with Gasteiger partial charge in [0.1, 0.15) is 12.2 Å². The Labute approximate surface area is 133 Å². The second-order valence-corrected chi connectivity index (χ2v) is 5.61. The monoisotopic (exact) mass is 324 g/mol. The van der Waals surface area contributed by atoms with Crippen LogP contribution in [0.3, 0.4) is 0 Å². The van der Waals surface area contributed by atoms with E-state index in [9.17, 15) is 5.11 Å². The number of hydrogen-bond donors (Lipinski definition) is 1. The fourth-order valence-corrected chi connectivity index (χ4v) is 3.04. The van der Waals surface area contributed by atoms with Gasteiger partial charge in [-0.3, -0.25) is 0 Å². The van der Waals surface area contributed by atoms with Gasteiger partial charge >= 0.3 is 0 Å². The summed E-state index contributed by atoms with van der Waals surface area (Å²) in [4.78, 5) is 0. The van der Waals surface area contributed by atoms with Gasteiger partial charge < -0.3 is 14.6 Å². The first-order valence-electron chi connectivity index (χ1n) is 6.61. The summed E-state index contributed by atoms with van der Waals surface area (Å²) in [7, 11) is 0. The van der Waals surface area contributed by atoms with Gasteiger partial charge in [-0.25, -0.2) is 0 Å². The summed E-state index contributed by atoms with van der Waals surface area (Å²) in [5.41, 5.74) is 1.54. The van der Waals surface area contributed by atoms with Gasteiger partial charge in [0, 0.05) is 21.2 Å². The highest BCUT2D eigenvalue weighted by molar-refractivity contribution is 6.36. The van der Waals surface area contributed by atoms with Crippen molar-refractivity contribution in [3.63, 3.8) is 0 Å². The van der Waals surface area contributed by atoms with Crippen molar-refractivity contribution in [2.24, 2.45) is 0 Å². The summed E-state index contributed by atoms with van der Waals surface area (Å²) in [6, 6.07) is 14.8. The molecule has 1 saturated heterocycles. The first kappa shape index (κ1) is 14.8. The molecule has 3 atom stereocenters. The van der Waals surface area contributed by atoms with E-state index in [1.807, 2.05) is 30.3 Å². The smallest absolute Gasteiger partial charge is 0.185 e. The maximum absolute atomic E-state index is 9.55. The molecule has 0 aliphatic carbocycles. The molecule has 1 N–H and O–H groups in total. The van der Waals surface area contributed by atoms with Crippen molar-refractivity contribution in [2.75, 3.05) is 6.61 Å². The third-order valence-corrected chi connectivity index (χ3v) is 4.10. The van der Waals surface area contributed by atoms with E-state index in [1.165, 1.54) is 0 Å². The van der Waals surface area contributed by atoms with Gasteiger partial charge in [0.05, 0.1) is 6.61 Å². The van der Waals surface area contributed by atoms with Crippen LogP contribution in [0.5, 0.6) is 0 Å². The number of ether oxygens (including phenoxy) is 2. The number of halogens is 2. The molecule has 1 heterocycles. The van der Waals surface area contributed by atoms with Crippen LogP contribution in [0, 0.1) is 0 Å². The molecule has 2 aromatic carbocycles. The van der Waals surface area contributed by atoms with Crippen LogP contribution < -0.4 is 0 Å². The SMILES string of the molecule is OC[C@H]1OC(c2ccccc2)O[C@@H]1c1c(Cl)cccc1Cl. The van der Waals surface area contributed by atoms with E-state index in [0.717, 1.165) is 5.56 Å². The average Bonchev–Trinajstić information content (AvgIpc) is 2.92. The summed E-state index contributed by atoms with van der Waals surface area (Å²) >= 11 is 12.4. The molecule has 1 fully saturated rings. The number of aliphatic hydroxyl groups excluding tert-OH is 1. The van der Waals surface area contributed by atoms with Crippen LogP contribution in [-0.4, -0.2) is 17.8 Å². The Morgan fingerprint density at radius 1 is 0.905 bits per heavy atom. The fraction of sp³-hybridized carbons (Fsp3) is 0.250. The van der Waals surface area contributed by atoms with Gasteiger partial charge in [-0.2, -0.15) is 0 Å². The largest absolute Gasteiger partial charge is 0.394 e. The van der Waals surface area contributed by atoms with Crippen molar-refractivity contribution in [3.8, 4) is 0 Å². The molecular formula is C16H14Cl2O3. The highest BCUT2D eigenvalue weighted by Gasteiger charge is 2.39. The number of benzene rings is 2. The Morgan fingerprint density at radius 3 is 2.19 bits per heavy atom.